The molecule has 236 valence electrons. The summed E-state index contributed by atoms with van der Waals surface area (Å²) in [7, 11) is -4.44. The Labute approximate surface area is 279 Å². The van der Waals surface area contributed by atoms with Gasteiger partial charge >= 0.3 is 281 Å². The predicted molar refractivity (Wildman–Crippen MR) is 200 cm³/mol. The van der Waals surface area contributed by atoms with E-state index < -0.39 is 12.5 Å². The van der Waals surface area contributed by atoms with Gasteiger partial charge in [0.25, 0.3) is 0 Å². The van der Waals surface area contributed by atoms with Gasteiger partial charge in [-0.1, -0.05) is 0 Å². The Bertz CT molecular complexity index is 1850. The zero-order chi connectivity index (χ0) is 32.7. The van der Waals surface area contributed by atoms with Crippen LogP contribution in [-0.2, 0) is 17.0 Å². The van der Waals surface area contributed by atoms with Gasteiger partial charge in [-0.3, -0.25) is 0 Å². The Balaban J connectivity index is 1.62. The van der Waals surface area contributed by atoms with E-state index in [4.69, 9.17) is 0 Å². The van der Waals surface area contributed by atoms with E-state index in [0.717, 1.165) is 27.4 Å². The quantitative estimate of drug-likeness (QED) is 0.125. The SMILES string of the molecule is CCN1c2c(cc(C(c3ccccc3)(c3ccccc3)c3ccccc3)cc2C(C)(C)C)CP1(F)(c1ccccc1)c1ccccc1. The minimum absolute atomic E-state index is 0.254. The van der Waals surface area contributed by atoms with Crippen molar-refractivity contribution in [2.45, 2.75) is 44.7 Å². The van der Waals surface area contributed by atoms with Gasteiger partial charge in [-0.25, -0.2) is 0 Å². The van der Waals surface area contributed by atoms with Crippen molar-refractivity contribution in [1.82, 2.24) is 0 Å². The van der Waals surface area contributed by atoms with Crippen LogP contribution >= 0.6 is 7.06 Å². The molecule has 6 aromatic rings. The standard InChI is InChI=1S/C44H43FNP/c1-5-46-42-34(33-47(46,45,39-27-17-9-18-28-39)40-29-19-10-20-30-40)31-38(32-41(42)43(2,3)4)44(35-21-11-6-12-22-35,36-23-13-7-14-24-36)37-25-15-8-16-26-37/h6-32H,5,33H2,1-4H3. The molecular formula is C44H43FNP. The molecule has 0 spiro atoms. The first-order chi connectivity index (χ1) is 22.7. The molecule has 7 rings (SSSR count). The van der Waals surface area contributed by atoms with Crippen LogP contribution in [0, 0.1) is 0 Å². The molecule has 47 heavy (non-hydrogen) atoms. The van der Waals surface area contributed by atoms with Gasteiger partial charge in [-0.15, -0.1) is 0 Å². The fourth-order valence-electron chi connectivity index (χ4n) is 8.10. The van der Waals surface area contributed by atoms with Gasteiger partial charge in [0.15, 0.2) is 0 Å². The molecule has 0 bridgehead atoms. The zero-order valence-corrected chi connectivity index (χ0v) is 28.7. The summed E-state index contributed by atoms with van der Waals surface area (Å²) in [5, 5.41) is 1.56. The van der Waals surface area contributed by atoms with Crippen molar-refractivity contribution in [3.8, 4) is 0 Å². The molecule has 0 amide bonds. The van der Waals surface area contributed by atoms with Crippen LogP contribution < -0.4 is 15.3 Å². The van der Waals surface area contributed by atoms with Crippen molar-refractivity contribution in [2.24, 2.45) is 0 Å². The number of benzene rings is 6. The average Bonchev–Trinajstić information content (AvgIpc) is 3.40. The summed E-state index contributed by atoms with van der Waals surface area (Å²) in [5.41, 5.74) is 7.16. The fraction of sp³-hybridized carbons (Fsp3) is 0.182. The number of rotatable bonds is 7. The summed E-state index contributed by atoms with van der Waals surface area (Å²) in [6.45, 7) is 9.49. The van der Waals surface area contributed by atoms with Crippen molar-refractivity contribution in [1.29, 1.82) is 0 Å². The molecule has 1 nitrogen and oxygen atoms in total. The molecule has 1 aliphatic heterocycles. The van der Waals surface area contributed by atoms with Crippen LogP contribution in [0.25, 0.3) is 0 Å². The first-order valence-electron chi connectivity index (χ1n) is 16.7. The van der Waals surface area contributed by atoms with Gasteiger partial charge in [0.1, 0.15) is 0 Å². The number of nitrogens with zero attached hydrogens (tertiary/aromatic N) is 1. The number of hydrogen-bond donors (Lipinski definition) is 0. The Kier molecular flexibility index (Phi) is 7.69. The first-order valence-corrected chi connectivity index (χ1v) is 19.0. The Morgan fingerprint density at radius 3 is 1.30 bits per heavy atom. The normalized spacial score (nSPS) is 16.2. The summed E-state index contributed by atoms with van der Waals surface area (Å²) < 4.78 is 21.8. The van der Waals surface area contributed by atoms with Gasteiger partial charge < -0.3 is 0 Å². The Morgan fingerprint density at radius 2 is 0.936 bits per heavy atom. The molecule has 0 aliphatic carbocycles. The summed E-state index contributed by atoms with van der Waals surface area (Å²) >= 11 is 0. The molecule has 0 unspecified atom stereocenters. The van der Waals surface area contributed by atoms with Crippen LogP contribution in [0.2, 0.25) is 0 Å². The second kappa shape index (κ2) is 11.6. The van der Waals surface area contributed by atoms with Gasteiger partial charge in [0.05, 0.1) is 0 Å². The first kappa shape index (κ1) is 31.1. The molecule has 0 N–H and O–H groups in total. The Morgan fingerprint density at radius 1 is 0.553 bits per heavy atom. The third-order valence-corrected chi connectivity index (χ3v) is 15.2. The topological polar surface area (TPSA) is 3.24 Å². The monoisotopic (exact) mass is 635 g/mol. The van der Waals surface area contributed by atoms with Gasteiger partial charge in [0.2, 0.25) is 0 Å². The second-order valence-electron chi connectivity index (χ2n) is 13.8. The van der Waals surface area contributed by atoms with Crippen molar-refractivity contribution < 1.29 is 4.20 Å². The summed E-state index contributed by atoms with van der Waals surface area (Å²) in [6, 6.07) is 57.2. The van der Waals surface area contributed by atoms with Gasteiger partial charge in [-0.2, -0.15) is 0 Å². The Hall–Kier alpha value is -4.52. The molecule has 1 heterocycles. The van der Waals surface area contributed by atoms with Gasteiger partial charge in [-0.05, 0) is 0 Å². The third kappa shape index (κ3) is 4.68. The van der Waals surface area contributed by atoms with E-state index in [1.54, 1.807) is 0 Å². The summed E-state index contributed by atoms with van der Waals surface area (Å²) in [4.78, 5) is 0. The molecule has 3 heteroatoms. The predicted octanol–water partition coefficient (Wildman–Crippen LogP) is 10.7. The molecule has 0 aromatic heterocycles. The van der Waals surface area contributed by atoms with Crippen molar-refractivity contribution in [3.05, 3.63) is 197 Å². The van der Waals surface area contributed by atoms with E-state index in [-0.39, 0.29) is 5.41 Å². The van der Waals surface area contributed by atoms with Crippen LogP contribution in [-0.4, -0.2) is 6.54 Å². The van der Waals surface area contributed by atoms with E-state index in [1.807, 2.05) is 60.7 Å². The zero-order valence-electron chi connectivity index (χ0n) is 27.8. The number of fused-ring (bicyclic) bond motifs is 1. The molecule has 0 atom stereocenters. The summed E-state index contributed by atoms with van der Waals surface area (Å²) in [5.74, 6) is 0. The third-order valence-electron chi connectivity index (χ3n) is 10.1. The second-order valence-corrected chi connectivity index (χ2v) is 17.9. The van der Waals surface area contributed by atoms with Crippen molar-refractivity contribution in [2.75, 3.05) is 11.2 Å². The van der Waals surface area contributed by atoms with E-state index in [9.17, 15) is 0 Å². The number of anilines is 1. The van der Waals surface area contributed by atoms with Gasteiger partial charge in [0, 0.05) is 0 Å². The van der Waals surface area contributed by atoms with E-state index in [0.29, 0.717) is 12.7 Å². The van der Waals surface area contributed by atoms with E-state index in [2.05, 4.69) is 135 Å². The molecular weight excluding hydrogens is 592 g/mol. The number of hydrogen-bond acceptors (Lipinski definition) is 1. The van der Waals surface area contributed by atoms with Crippen LogP contribution in [0.3, 0.4) is 0 Å². The molecule has 6 aromatic carbocycles. The van der Waals surface area contributed by atoms with Crippen LogP contribution in [0.15, 0.2) is 164 Å². The molecule has 0 saturated carbocycles. The molecule has 1 aliphatic rings. The molecule has 0 saturated heterocycles. The van der Waals surface area contributed by atoms with E-state index >= 15 is 4.20 Å². The summed E-state index contributed by atoms with van der Waals surface area (Å²) in [6.07, 6.45) is 0.328. The maximum absolute atomic E-state index is 19.6. The minimum atomic E-state index is -4.44. The molecule has 0 fully saturated rings. The maximum atomic E-state index is 19.6. The van der Waals surface area contributed by atoms with Crippen molar-refractivity contribution in [3.63, 3.8) is 0 Å². The van der Waals surface area contributed by atoms with Crippen LogP contribution in [0.4, 0.5) is 9.88 Å². The van der Waals surface area contributed by atoms with Crippen LogP contribution in [0.1, 0.15) is 61.1 Å². The fourth-order valence-corrected chi connectivity index (χ4v) is 13.2. The molecule has 0 radical (unpaired) electrons. The number of halogens is 1. The van der Waals surface area contributed by atoms with E-state index in [1.165, 1.54) is 22.3 Å². The van der Waals surface area contributed by atoms with Crippen LogP contribution in [0.5, 0.6) is 0 Å². The average molecular weight is 636 g/mol. The van der Waals surface area contributed by atoms with Crippen molar-refractivity contribution >= 4 is 23.4 Å².